The van der Waals surface area contributed by atoms with Gasteiger partial charge in [-0.1, -0.05) is 30.3 Å². The molecule has 23 heavy (non-hydrogen) atoms. The van der Waals surface area contributed by atoms with Crippen molar-refractivity contribution >= 4 is 0 Å². The molecule has 0 saturated carbocycles. The minimum atomic E-state index is -0.0310. The maximum Gasteiger partial charge on any atom is 0.254 e. The molecule has 4 nitrogen and oxygen atoms in total. The first-order valence-electron chi connectivity index (χ1n) is 7.80. The van der Waals surface area contributed by atoms with Crippen LogP contribution in [0.5, 0.6) is 0 Å². The summed E-state index contributed by atoms with van der Waals surface area (Å²) in [5.41, 5.74) is 6.13. The van der Waals surface area contributed by atoms with Gasteiger partial charge in [-0.25, -0.2) is 4.98 Å². The van der Waals surface area contributed by atoms with Crippen molar-refractivity contribution in [1.82, 2.24) is 15.0 Å². The number of aromatic amines is 1. The van der Waals surface area contributed by atoms with E-state index < -0.39 is 0 Å². The average Bonchev–Trinajstić information content (AvgIpc) is 2.58. The van der Waals surface area contributed by atoms with Crippen LogP contribution in [0.4, 0.5) is 0 Å². The number of rotatable bonds is 2. The molecule has 0 amide bonds. The van der Waals surface area contributed by atoms with Crippen LogP contribution >= 0.6 is 0 Å². The topological polar surface area (TPSA) is 58.6 Å². The summed E-state index contributed by atoms with van der Waals surface area (Å²) >= 11 is 0. The molecule has 1 aliphatic carbocycles. The summed E-state index contributed by atoms with van der Waals surface area (Å²) in [5.74, 6) is 0.272. The van der Waals surface area contributed by atoms with Gasteiger partial charge in [-0.2, -0.15) is 0 Å². The summed E-state index contributed by atoms with van der Waals surface area (Å²) in [6.45, 7) is 1.99. The first kappa shape index (κ1) is 13.9. The summed E-state index contributed by atoms with van der Waals surface area (Å²) in [4.78, 5) is 23.7. The lowest BCUT2D eigenvalue weighted by Gasteiger charge is -2.26. The highest BCUT2D eigenvalue weighted by atomic mass is 16.1. The average molecular weight is 303 g/mol. The third-order valence-corrected chi connectivity index (χ3v) is 4.51. The summed E-state index contributed by atoms with van der Waals surface area (Å²) in [5, 5.41) is 0. The smallest absolute Gasteiger partial charge is 0.254 e. The molecule has 0 spiro atoms. The van der Waals surface area contributed by atoms with E-state index in [0.29, 0.717) is 6.42 Å². The Balaban J connectivity index is 1.79. The maximum atomic E-state index is 12.2. The van der Waals surface area contributed by atoms with E-state index in [1.807, 2.05) is 25.3 Å². The predicted molar refractivity (Wildman–Crippen MR) is 89.4 cm³/mol. The third kappa shape index (κ3) is 2.46. The maximum absolute atomic E-state index is 12.2. The van der Waals surface area contributed by atoms with E-state index in [-0.39, 0.29) is 11.5 Å². The van der Waals surface area contributed by atoms with Gasteiger partial charge in [0.2, 0.25) is 0 Å². The van der Waals surface area contributed by atoms with Crippen molar-refractivity contribution in [2.45, 2.75) is 25.7 Å². The zero-order valence-electron chi connectivity index (χ0n) is 12.9. The molecule has 0 saturated heterocycles. The van der Waals surface area contributed by atoms with Crippen molar-refractivity contribution in [1.29, 1.82) is 0 Å². The van der Waals surface area contributed by atoms with Crippen LogP contribution in [0.3, 0.4) is 0 Å². The Morgan fingerprint density at radius 2 is 2.04 bits per heavy atom. The van der Waals surface area contributed by atoms with Gasteiger partial charge in [-0.15, -0.1) is 0 Å². The Labute approximate surface area is 134 Å². The number of H-pyrrole nitrogens is 1. The Morgan fingerprint density at radius 3 is 2.87 bits per heavy atom. The first-order valence-corrected chi connectivity index (χ1v) is 7.80. The standard InChI is InChI=1S/C19H17N3O/c1-12-6-7-13(10-20-12)8-14-9-17-18(21-11-22-19(17)23)16-5-3-2-4-15(14)16/h2-7,10-11,14H,8-9H2,1H3,(H,21,22,23). The lowest BCUT2D eigenvalue weighted by molar-refractivity contribution is 0.661. The van der Waals surface area contributed by atoms with Crippen LogP contribution in [-0.4, -0.2) is 15.0 Å². The van der Waals surface area contributed by atoms with E-state index in [2.05, 4.69) is 39.2 Å². The molecule has 0 aliphatic heterocycles. The van der Waals surface area contributed by atoms with Gasteiger partial charge in [0.05, 0.1) is 12.0 Å². The number of hydrogen-bond donors (Lipinski definition) is 1. The molecule has 2 heterocycles. The molecule has 1 aliphatic rings. The molecule has 1 atom stereocenters. The van der Waals surface area contributed by atoms with Crippen LogP contribution in [0, 0.1) is 6.92 Å². The summed E-state index contributed by atoms with van der Waals surface area (Å²) in [7, 11) is 0. The molecule has 0 fully saturated rings. The molecular formula is C19H17N3O. The van der Waals surface area contributed by atoms with Crippen LogP contribution in [0.25, 0.3) is 11.3 Å². The van der Waals surface area contributed by atoms with Gasteiger partial charge < -0.3 is 4.98 Å². The van der Waals surface area contributed by atoms with E-state index >= 15 is 0 Å². The van der Waals surface area contributed by atoms with Crippen LogP contribution in [0.2, 0.25) is 0 Å². The molecule has 1 N–H and O–H groups in total. The van der Waals surface area contributed by atoms with Crippen LogP contribution in [0.1, 0.15) is 28.3 Å². The van der Waals surface area contributed by atoms with E-state index in [9.17, 15) is 4.79 Å². The minimum Gasteiger partial charge on any atom is -0.313 e. The third-order valence-electron chi connectivity index (χ3n) is 4.51. The van der Waals surface area contributed by atoms with Gasteiger partial charge >= 0.3 is 0 Å². The van der Waals surface area contributed by atoms with E-state index in [1.54, 1.807) is 0 Å². The molecular weight excluding hydrogens is 286 g/mol. The largest absolute Gasteiger partial charge is 0.313 e. The first-order chi connectivity index (χ1) is 11.2. The fourth-order valence-electron chi connectivity index (χ4n) is 3.36. The van der Waals surface area contributed by atoms with Crippen molar-refractivity contribution in [3.05, 3.63) is 81.7 Å². The lowest BCUT2D eigenvalue weighted by atomic mass is 9.78. The highest BCUT2D eigenvalue weighted by Gasteiger charge is 2.27. The fourth-order valence-corrected chi connectivity index (χ4v) is 3.36. The second-order valence-corrected chi connectivity index (χ2v) is 6.06. The van der Waals surface area contributed by atoms with E-state index in [0.717, 1.165) is 28.9 Å². The van der Waals surface area contributed by atoms with Crippen LogP contribution < -0.4 is 5.56 Å². The Bertz CT molecular complexity index is 912. The summed E-state index contributed by atoms with van der Waals surface area (Å²) in [6.07, 6.45) is 5.00. The molecule has 1 aromatic carbocycles. The fraction of sp³-hybridized carbons (Fsp3) is 0.211. The minimum absolute atomic E-state index is 0.0310. The van der Waals surface area contributed by atoms with Crippen LogP contribution in [0.15, 0.2) is 53.7 Å². The number of aromatic nitrogens is 3. The van der Waals surface area contributed by atoms with Crippen molar-refractivity contribution < 1.29 is 0 Å². The highest BCUT2D eigenvalue weighted by molar-refractivity contribution is 5.70. The van der Waals surface area contributed by atoms with Gasteiger partial charge in [0.25, 0.3) is 5.56 Å². The Morgan fingerprint density at radius 1 is 1.17 bits per heavy atom. The second-order valence-electron chi connectivity index (χ2n) is 6.06. The number of aryl methyl sites for hydroxylation is 1. The Kier molecular flexibility index (Phi) is 3.30. The number of nitrogens with zero attached hydrogens (tertiary/aromatic N) is 2. The monoisotopic (exact) mass is 303 g/mol. The van der Waals surface area contributed by atoms with Gasteiger partial charge in [0.15, 0.2) is 0 Å². The van der Waals surface area contributed by atoms with Gasteiger partial charge in [0.1, 0.15) is 0 Å². The summed E-state index contributed by atoms with van der Waals surface area (Å²) in [6, 6.07) is 12.4. The molecule has 0 bridgehead atoms. The number of hydrogen-bond acceptors (Lipinski definition) is 3. The molecule has 114 valence electrons. The molecule has 4 rings (SSSR count). The number of fused-ring (bicyclic) bond motifs is 3. The SMILES string of the molecule is Cc1ccc(CC2Cc3c(nc[nH]c3=O)-c3ccccc32)cn1. The molecule has 0 radical (unpaired) electrons. The van der Waals surface area contributed by atoms with Gasteiger partial charge in [-0.05, 0) is 42.9 Å². The second kappa shape index (κ2) is 5.47. The number of pyridine rings is 1. The quantitative estimate of drug-likeness (QED) is 0.791. The van der Waals surface area contributed by atoms with E-state index in [1.165, 1.54) is 17.5 Å². The zero-order valence-corrected chi connectivity index (χ0v) is 12.9. The number of benzene rings is 1. The van der Waals surface area contributed by atoms with Crippen LogP contribution in [-0.2, 0) is 12.8 Å². The molecule has 2 aromatic heterocycles. The predicted octanol–water partition coefficient (Wildman–Crippen LogP) is 3.02. The summed E-state index contributed by atoms with van der Waals surface area (Å²) < 4.78 is 0. The Hall–Kier alpha value is -2.75. The normalized spacial score (nSPS) is 15.8. The van der Waals surface area contributed by atoms with Crippen molar-refractivity contribution in [3.8, 4) is 11.3 Å². The van der Waals surface area contributed by atoms with E-state index in [4.69, 9.17) is 0 Å². The zero-order chi connectivity index (χ0) is 15.8. The van der Waals surface area contributed by atoms with Gasteiger partial charge in [-0.3, -0.25) is 9.78 Å². The van der Waals surface area contributed by atoms with Gasteiger partial charge in [0, 0.05) is 23.0 Å². The van der Waals surface area contributed by atoms with Crippen molar-refractivity contribution in [2.24, 2.45) is 0 Å². The lowest BCUT2D eigenvalue weighted by Crippen LogP contribution is -2.23. The van der Waals surface area contributed by atoms with Crippen molar-refractivity contribution in [3.63, 3.8) is 0 Å². The molecule has 3 aromatic rings. The molecule has 1 unspecified atom stereocenters. The highest BCUT2D eigenvalue weighted by Crippen LogP contribution is 2.38. The van der Waals surface area contributed by atoms with Crippen molar-refractivity contribution in [2.75, 3.05) is 0 Å². The molecule has 4 heteroatoms. The number of nitrogens with one attached hydrogen (secondary N) is 1.